The van der Waals surface area contributed by atoms with E-state index in [0.29, 0.717) is 22.3 Å². The van der Waals surface area contributed by atoms with E-state index in [1.54, 1.807) is 18.2 Å². The predicted octanol–water partition coefficient (Wildman–Crippen LogP) is 4.99. The van der Waals surface area contributed by atoms with Crippen molar-refractivity contribution in [2.45, 2.75) is 13.0 Å². The van der Waals surface area contributed by atoms with Crippen molar-refractivity contribution < 1.29 is 18.7 Å². The fourth-order valence-electron chi connectivity index (χ4n) is 2.75. The average molecular weight is 386 g/mol. The van der Waals surface area contributed by atoms with E-state index in [1.165, 1.54) is 20.3 Å². The van der Waals surface area contributed by atoms with E-state index < -0.39 is 0 Å². The molecular weight excluding hydrogens is 366 g/mol. The molecule has 0 spiro atoms. The van der Waals surface area contributed by atoms with E-state index >= 15 is 0 Å². The SMILES string of the molecule is COc1cc(/C=C/C(=O)N[C@@H](C)c2cc3ccccc3o2)cc(Cl)c1OC. The molecule has 27 heavy (non-hydrogen) atoms. The Kier molecular flexibility index (Phi) is 5.72. The summed E-state index contributed by atoms with van der Waals surface area (Å²) in [6.07, 6.45) is 3.10. The lowest BCUT2D eigenvalue weighted by molar-refractivity contribution is -0.117. The number of hydrogen-bond donors (Lipinski definition) is 1. The molecule has 1 atom stereocenters. The Bertz CT molecular complexity index is 960. The van der Waals surface area contributed by atoms with E-state index in [1.807, 2.05) is 37.3 Å². The number of furan rings is 1. The Morgan fingerprint density at radius 2 is 1.96 bits per heavy atom. The standard InChI is InChI=1S/C21H20ClNO4/c1-13(18-12-15-6-4-5-7-17(15)27-18)23-20(24)9-8-14-10-16(22)21(26-3)19(11-14)25-2/h4-13H,1-3H3,(H,23,24)/b9-8+/t13-/m0/s1. The lowest BCUT2D eigenvalue weighted by Gasteiger charge is -2.11. The van der Waals surface area contributed by atoms with Crippen molar-refractivity contribution in [3.8, 4) is 11.5 Å². The minimum absolute atomic E-state index is 0.242. The highest BCUT2D eigenvalue weighted by molar-refractivity contribution is 6.32. The molecule has 3 aromatic rings. The fourth-order valence-corrected chi connectivity index (χ4v) is 3.05. The van der Waals surface area contributed by atoms with Gasteiger partial charge in [0, 0.05) is 11.5 Å². The molecule has 140 valence electrons. The highest BCUT2D eigenvalue weighted by atomic mass is 35.5. The minimum atomic E-state index is -0.261. The molecule has 6 heteroatoms. The molecule has 1 N–H and O–H groups in total. The molecule has 1 heterocycles. The maximum Gasteiger partial charge on any atom is 0.244 e. The van der Waals surface area contributed by atoms with Gasteiger partial charge in [-0.2, -0.15) is 0 Å². The summed E-state index contributed by atoms with van der Waals surface area (Å²) in [4.78, 5) is 12.2. The van der Waals surface area contributed by atoms with Crippen molar-refractivity contribution >= 4 is 34.6 Å². The maximum absolute atomic E-state index is 12.2. The largest absolute Gasteiger partial charge is 0.493 e. The topological polar surface area (TPSA) is 60.7 Å². The second kappa shape index (κ2) is 8.18. The number of methoxy groups -OCH3 is 2. The Labute approximate surface area is 162 Å². The third-order valence-corrected chi connectivity index (χ3v) is 4.39. The van der Waals surface area contributed by atoms with Gasteiger partial charge in [-0.3, -0.25) is 4.79 Å². The Balaban J connectivity index is 1.70. The number of halogens is 1. The lowest BCUT2D eigenvalue weighted by atomic mass is 10.1. The third-order valence-electron chi connectivity index (χ3n) is 4.11. The van der Waals surface area contributed by atoms with E-state index in [-0.39, 0.29) is 11.9 Å². The van der Waals surface area contributed by atoms with Crippen LogP contribution in [0.4, 0.5) is 0 Å². The predicted molar refractivity (Wildman–Crippen MR) is 106 cm³/mol. The van der Waals surface area contributed by atoms with Crippen LogP contribution in [0.2, 0.25) is 5.02 Å². The smallest absolute Gasteiger partial charge is 0.244 e. The molecule has 0 unspecified atom stereocenters. The summed E-state index contributed by atoms with van der Waals surface area (Å²) < 4.78 is 16.2. The molecular formula is C21H20ClNO4. The summed E-state index contributed by atoms with van der Waals surface area (Å²) in [5.41, 5.74) is 1.52. The van der Waals surface area contributed by atoms with Gasteiger partial charge in [0.2, 0.25) is 5.91 Å². The van der Waals surface area contributed by atoms with Gasteiger partial charge in [-0.05, 0) is 42.8 Å². The van der Waals surface area contributed by atoms with Crippen LogP contribution < -0.4 is 14.8 Å². The number of nitrogens with one attached hydrogen (secondary N) is 1. The molecule has 0 radical (unpaired) electrons. The number of rotatable bonds is 6. The zero-order valence-electron chi connectivity index (χ0n) is 15.3. The van der Waals surface area contributed by atoms with Gasteiger partial charge in [-0.1, -0.05) is 29.8 Å². The van der Waals surface area contributed by atoms with Crippen LogP contribution in [0.15, 0.2) is 53.0 Å². The molecule has 1 aromatic heterocycles. The van der Waals surface area contributed by atoms with E-state index in [4.69, 9.17) is 25.5 Å². The fraction of sp³-hybridized carbons (Fsp3) is 0.190. The van der Waals surface area contributed by atoms with Crippen molar-refractivity contribution in [3.63, 3.8) is 0 Å². The molecule has 5 nitrogen and oxygen atoms in total. The van der Waals surface area contributed by atoms with Crippen molar-refractivity contribution in [2.24, 2.45) is 0 Å². The van der Waals surface area contributed by atoms with Crippen molar-refractivity contribution in [3.05, 3.63) is 64.9 Å². The van der Waals surface area contributed by atoms with Gasteiger partial charge in [0.15, 0.2) is 11.5 Å². The molecule has 0 aliphatic heterocycles. The zero-order valence-corrected chi connectivity index (χ0v) is 16.0. The first-order valence-corrected chi connectivity index (χ1v) is 8.78. The zero-order chi connectivity index (χ0) is 19.4. The molecule has 0 bridgehead atoms. The second-order valence-electron chi connectivity index (χ2n) is 5.99. The number of fused-ring (bicyclic) bond motifs is 1. The number of carbonyl (C=O) groups excluding carboxylic acids is 1. The summed E-state index contributed by atoms with van der Waals surface area (Å²) in [5.74, 6) is 1.42. The van der Waals surface area contributed by atoms with Crippen LogP contribution in [0.5, 0.6) is 11.5 Å². The molecule has 0 saturated carbocycles. The highest BCUT2D eigenvalue weighted by Gasteiger charge is 2.13. The molecule has 0 saturated heterocycles. The molecule has 1 amide bonds. The normalized spacial score (nSPS) is 12.3. The summed E-state index contributed by atoms with van der Waals surface area (Å²) in [6, 6.07) is 12.8. The quantitative estimate of drug-likeness (QED) is 0.607. The number of hydrogen-bond acceptors (Lipinski definition) is 4. The Morgan fingerprint density at radius 3 is 2.67 bits per heavy atom. The van der Waals surface area contributed by atoms with Crippen LogP contribution in [0.25, 0.3) is 17.0 Å². The second-order valence-corrected chi connectivity index (χ2v) is 6.40. The number of carbonyl (C=O) groups is 1. The van der Waals surface area contributed by atoms with E-state index in [0.717, 1.165) is 16.5 Å². The Hall–Kier alpha value is -2.92. The molecule has 0 aliphatic carbocycles. The van der Waals surface area contributed by atoms with Gasteiger partial charge < -0.3 is 19.2 Å². The molecule has 2 aromatic carbocycles. The van der Waals surface area contributed by atoms with Crippen LogP contribution in [0.1, 0.15) is 24.3 Å². The summed E-state index contributed by atoms with van der Waals surface area (Å²) in [7, 11) is 3.05. The number of amides is 1. The molecule has 0 fully saturated rings. The van der Waals surface area contributed by atoms with Crippen LogP contribution in [0, 0.1) is 0 Å². The van der Waals surface area contributed by atoms with Gasteiger partial charge in [-0.15, -0.1) is 0 Å². The van der Waals surface area contributed by atoms with E-state index in [9.17, 15) is 4.79 Å². The number of para-hydroxylation sites is 1. The Morgan fingerprint density at radius 1 is 1.19 bits per heavy atom. The van der Waals surface area contributed by atoms with Crippen LogP contribution >= 0.6 is 11.6 Å². The number of ether oxygens (including phenoxy) is 2. The monoisotopic (exact) mass is 385 g/mol. The molecule has 3 rings (SSSR count). The van der Waals surface area contributed by atoms with Crippen molar-refractivity contribution in [1.29, 1.82) is 0 Å². The van der Waals surface area contributed by atoms with Gasteiger partial charge >= 0.3 is 0 Å². The average Bonchev–Trinajstić information content (AvgIpc) is 3.10. The van der Waals surface area contributed by atoms with Crippen molar-refractivity contribution in [1.82, 2.24) is 5.32 Å². The highest BCUT2D eigenvalue weighted by Crippen LogP contribution is 2.36. The molecule has 0 aliphatic rings. The number of benzene rings is 2. The van der Waals surface area contributed by atoms with Gasteiger partial charge in [0.1, 0.15) is 11.3 Å². The first-order chi connectivity index (χ1) is 13.0. The van der Waals surface area contributed by atoms with Crippen molar-refractivity contribution in [2.75, 3.05) is 14.2 Å². The van der Waals surface area contributed by atoms with Gasteiger partial charge in [0.25, 0.3) is 0 Å². The first-order valence-electron chi connectivity index (χ1n) is 8.40. The van der Waals surface area contributed by atoms with Gasteiger partial charge in [0.05, 0.1) is 25.3 Å². The summed E-state index contributed by atoms with van der Waals surface area (Å²) in [5, 5.41) is 4.30. The minimum Gasteiger partial charge on any atom is -0.493 e. The summed E-state index contributed by atoms with van der Waals surface area (Å²) >= 11 is 6.18. The summed E-state index contributed by atoms with van der Waals surface area (Å²) in [6.45, 7) is 1.87. The van der Waals surface area contributed by atoms with Crippen LogP contribution in [-0.4, -0.2) is 20.1 Å². The van der Waals surface area contributed by atoms with Crippen LogP contribution in [-0.2, 0) is 4.79 Å². The van der Waals surface area contributed by atoms with E-state index in [2.05, 4.69) is 5.32 Å². The first kappa shape index (κ1) is 18.9. The maximum atomic E-state index is 12.2. The van der Waals surface area contributed by atoms with Gasteiger partial charge in [-0.25, -0.2) is 0 Å². The lowest BCUT2D eigenvalue weighted by Crippen LogP contribution is -2.24. The van der Waals surface area contributed by atoms with Crippen LogP contribution in [0.3, 0.4) is 0 Å². The third kappa shape index (κ3) is 4.26.